The third-order valence-corrected chi connectivity index (χ3v) is 2.76. The van der Waals surface area contributed by atoms with Gasteiger partial charge in [0.1, 0.15) is 0 Å². The number of nitrogens with zero attached hydrogens (tertiary/aromatic N) is 2. The Morgan fingerprint density at radius 1 is 1.29 bits per heavy atom. The van der Waals surface area contributed by atoms with Gasteiger partial charge in [0.05, 0.1) is 13.5 Å². The van der Waals surface area contributed by atoms with Crippen molar-refractivity contribution in [3.05, 3.63) is 0 Å². The number of hydrogen-bond acceptors (Lipinski definition) is 3. The minimum Gasteiger partial charge on any atom is -0.465 e. The van der Waals surface area contributed by atoms with E-state index in [1.807, 2.05) is 20.8 Å². The van der Waals surface area contributed by atoms with Gasteiger partial charge in [0.2, 0.25) is 5.91 Å². The van der Waals surface area contributed by atoms with Gasteiger partial charge in [-0.15, -0.1) is 0 Å². The van der Waals surface area contributed by atoms with Crippen LogP contribution >= 0.6 is 0 Å². The zero-order chi connectivity index (χ0) is 13.8. The summed E-state index contributed by atoms with van der Waals surface area (Å²) in [6.45, 7) is 5.70. The van der Waals surface area contributed by atoms with Crippen molar-refractivity contribution >= 4 is 12.0 Å². The number of hydrogen-bond donors (Lipinski definition) is 1. The maximum Gasteiger partial charge on any atom is 0.407 e. The first-order chi connectivity index (χ1) is 7.61. The lowest BCUT2D eigenvalue weighted by molar-refractivity contribution is -0.170. The first-order valence-corrected chi connectivity index (χ1v) is 5.37. The Balaban J connectivity index is 4.85. The lowest BCUT2D eigenvalue weighted by atomic mass is 9.83. The van der Waals surface area contributed by atoms with Crippen LogP contribution in [0.3, 0.4) is 0 Å². The van der Waals surface area contributed by atoms with Gasteiger partial charge in [-0.3, -0.25) is 9.63 Å². The second-order valence-electron chi connectivity index (χ2n) is 5.05. The summed E-state index contributed by atoms with van der Waals surface area (Å²) in [5.74, 6) is -0.250. The van der Waals surface area contributed by atoms with E-state index in [1.54, 1.807) is 0 Å². The number of hydroxylamine groups is 2. The van der Waals surface area contributed by atoms with Gasteiger partial charge < -0.3 is 10.0 Å². The molecule has 1 N–H and O–H groups in total. The molecule has 0 aliphatic heterocycles. The molecule has 0 aromatic heterocycles. The standard InChI is InChI=1S/C11H22N2O4/c1-11(2,3)8(12(4)10(15)16)7-9(14)13(5)17-6/h8H,7H2,1-6H3,(H,15,16). The van der Waals surface area contributed by atoms with Crippen molar-refractivity contribution in [1.29, 1.82) is 0 Å². The van der Waals surface area contributed by atoms with Crippen molar-refractivity contribution < 1.29 is 19.5 Å². The molecular weight excluding hydrogens is 224 g/mol. The second-order valence-corrected chi connectivity index (χ2v) is 5.05. The molecule has 0 aliphatic carbocycles. The first kappa shape index (κ1) is 15.7. The molecular formula is C11H22N2O4. The number of carbonyl (C=O) groups is 2. The third kappa shape index (κ3) is 4.60. The van der Waals surface area contributed by atoms with Crippen LogP contribution in [0.25, 0.3) is 0 Å². The van der Waals surface area contributed by atoms with E-state index in [0.717, 1.165) is 5.06 Å². The lowest BCUT2D eigenvalue weighted by Crippen LogP contribution is -2.47. The Bertz CT molecular complexity index is 286. The van der Waals surface area contributed by atoms with Crippen molar-refractivity contribution in [2.75, 3.05) is 21.2 Å². The van der Waals surface area contributed by atoms with E-state index in [-0.39, 0.29) is 17.7 Å². The van der Waals surface area contributed by atoms with Gasteiger partial charge in [-0.05, 0) is 5.41 Å². The molecule has 2 amide bonds. The van der Waals surface area contributed by atoms with Gasteiger partial charge >= 0.3 is 6.09 Å². The number of carbonyl (C=O) groups excluding carboxylic acids is 1. The third-order valence-electron chi connectivity index (χ3n) is 2.76. The van der Waals surface area contributed by atoms with Crippen LogP contribution in [0.5, 0.6) is 0 Å². The fraction of sp³-hybridized carbons (Fsp3) is 0.818. The molecule has 1 unspecified atom stereocenters. The molecule has 1 atom stereocenters. The van der Waals surface area contributed by atoms with Gasteiger partial charge in [0, 0.05) is 20.1 Å². The van der Waals surface area contributed by atoms with Crippen LogP contribution in [0.4, 0.5) is 4.79 Å². The lowest BCUT2D eigenvalue weighted by Gasteiger charge is -2.36. The quantitative estimate of drug-likeness (QED) is 0.762. The zero-order valence-electron chi connectivity index (χ0n) is 11.4. The summed E-state index contributed by atoms with van der Waals surface area (Å²) in [4.78, 5) is 28.7. The number of carboxylic acid groups (broad SMARTS) is 1. The topological polar surface area (TPSA) is 70.1 Å². The van der Waals surface area contributed by atoms with Crippen LogP contribution in [-0.4, -0.2) is 54.3 Å². The summed E-state index contributed by atoms with van der Waals surface area (Å²) in [7, 11) is 4.37. The van der Waals surface area contributed by atoms with Gasteiger partial charge in [0.25, 0.3) is 0 Å². The van der Waals surface area contributed by atoms with E-state index < -0.39 is 12.1 Å². The van der Waals surface area contributed by atoms with E-state index in [1.165, 1.54) is 26.1 Å². The smallest absolute Gasteiger partial charge is 0.407 e. The Kier molecular flexibility index (Phi) is 5.41. The maximum atomic E-state index is 11.7. The molecule has 17 heavy (non-hydrogen) atoms. The molecule has 0 rings (SSSR count). The molecule has 0 radical (unpaired) electrons. The van der Waals surface area contributed by atoms with Crippen LogP contribution in [0.2, 0.25) is 0 Å². The van der Waals surface area contributed by atoms with Gasteiger partial charge in [-0.2, -0.15) is 0 Å². The summed E-state index contributed by atoms with van der Waals surface area (Å²) in [6.07, 6.45) is -0.950. The largest absolute Gasteiger partial charge is 0.465 e. The monoisotopic (exact) mass is 246 g/mol. The summed E-state index contributed by atoms with van der Waals surface area (Å²) >= 11 is 0. The molecule has 6 heteroatoms. The predicted molar refractivity (Wildman–Crippen MR) is 63.4 cm³/mol. The van der Waals surface area contributed by atoms with Crippen LogP contribution in [0.15, 0.2) is 0 Å². The Morgan fingerprint density at radius 2 is 1.76 bits per heavy atom. The molecule has 0 fully saturated rings. The molecule has 0 heterocycles. The van der Waals surface area contributed by atoms with Crippen molar-refractivity contribution in [3.8, 4) is 0 Å². The summed E-state index contributed by atoms with van der Waals surface area (Å²) < 4.78 is 0. The minimum absolute atomic E-state index is 0.0939. The zero-order valence-corrected chi connectivity index (χ0v) is 11.4. The maximum absolute atomic E-state index is 11.7. The molecule has 0 saturated heterocycles. The molecule has 0 aliphatic rings. The highest BCUT2D eigenvalue weighted by atomic mass is 16.7. The Morgan fingerprint density at radius 3 is 2.06 bits per heavy atom. The van der Waals surface area contributed by atoms with Crippen molar-refractivity contribution in [2.24, 2.45) is 5.41 Å². The van der Waals surface area contributed by atoms with Crippen LogP contribution in [-0.2, 0) is 9.63 Å². The minimum atomic E-state index is -1.04. The Hall–Kier alpha value is -1.30. The van der Waals surface area contributed by atoms with E-state index in [4.69, 9.17) is 9.94 Å². The van der Waals surface area contributed by atoms with Gasteiger partial charge in [0.15, 0.2) is 0 Å². The van der Waals surface area contributed by atoms with Crippen molar-refractivity contribution in [1.82, 2.24) is 9.96 Å². The first-order valence-electron chi connectivity index (χ1n) is 5.37. The highest BCUT2D eigenvalue weighted by molar-refractivity contribution is 5.76. The van der Waals surface area contributed by atoms with Crippen LogP contribution < -0.4 is 0 Å². The van der Waals surface area contributed by atoms with E-state index in [2.05, 4.69) is 0 Å². The molecule has 0 saturated carbocycles. The number of amides is 2. The average Bonchev–Trinajstić information content (AvgIpc) is 2.21. The number of rotatable bonds is 4. The van der Waals surface area contributed by atoms with Gasteiger partial charge in [-0.1, -0.05) is 20.8 Å². The average molecular weight is 246 g/mol. The highest BCUT2D eigenvalue weighted by Gasteiger charge is 2.33. The molecule has 100 valence electrons. The normalized spacial score (nSPS) is 13.1. The van der Waals surface area contributed by atoms with Gasteiger partial charge in [-0.25, -0.2) is 9.86 Å². The highest BCUT2D eigenvalue weighted by Crippen LogP contribution is 2.26. The predicted octanol–water partition coefficient (Wildman–Crippen LogP) is 1.42. The molecule has 0 aromatic carbocycles. The fourth-order valence-electron chi connectivity index (χ4n) is 1.55. The Labute approximate surface area is 102 Å². The summed E-state index contributed by atoms with van der Waals surface area (Å²) in [5, 5.41) is 10.1. The van der Waals surface area contributed by atoms with Crippen LogP contribution in [0.1, 0.15) is 27.2 Å². The van der Waals surface area contributed by atoms with E-state index in [0.29, 0.717) is 0 Å². The van der Waals surface area contributed by atoms with E-state index in [9.17, 15) is 9.59 Å². The molecule has 0 spiro atoms. The molecule has 0 bridgehead atoms. The second kappa shape index (κ2) is 5.86. The van der Waals surface area contributed by atoms with E-state index >= 15 is 0 Å². The van der Waals surface area contributed by atoms with Crippen molar-refractivity contribution in [3.63, 3.8) is 0 Å². The summed E-state index contributed by atoms with van der Waals surface area (Å²) in [5.41, 5.74) is -0.322. The fourth-order valence-corrected chi connectivity index (χ4v) is 1.55. The SMILES string of the molecule is CON(C)C(=O)CC(N(C)C(=O)O)C(C)(C)C. The summed E-state index contributed by atoms with van der Waals surface area (Å²) in [6, 6.07) is -0.398. The molecule has 0 aromatic rings. The molecule has 6 nitrogen and oxygen atoms in total. The van der Waals surface area contributed by atoms with Crippen LogP contribution in [0, 0.1) is 5.41 Å². The van der Waals surface area contributed by atoms with Crippen molar-refractivity contribution in [2.45, 2.75) is 33.2 Å².